The lowest BCUT2D eigenvalue weighted by Gasteiger charge is -2.12. The van der Waals surface area contributed by atoms with Crippen LogP contribution in [-0.2, 0) is 4.79 Å². The van der Waals surface area contributed by atoms with Crippen molar-refractivity contribution in [3.63, 3.8) is 0 Å². The molecule has 3 nitrogen and oxygen atoms in total. The van der Waals surface area contributed by atoms with Crippen LogP contribution >= 0.6 is 23.6 Å². The van der Waals surface area contributed by atoms with Gasteiger partial charge in [-0.2, -0.15) is 0 Å². The summed E-state index contributed by atoms with van der Waals surface area (Å²) in [4.78, 5) is 12.8. The molecule has 1 heterocycles. The minimum Gasteiger partial charge on any atom is -0.332 e. The highest BCUT2D eigenvalue weighted by molar-refractivity contribution is 7.80. The highest BCUT2D eigenvalue weighted by Gasteiger charge is 2.04. The number of carbonyl (C=O) groups excluding carboxylic acids is 1. The van der Waals surface area contributed by atoms with Gasteiger partial charge in [0.05, 0.1) is 0 Å². The number of thiocarbonyl (C=S) groups is 1. The van der Waals surface area contributed by atoms with Gasteiger partial charge in [-0.25, -0.2) is 0 Å². The van der Waals surface area contributed by atoms with Gasteiger partial charge in [0, 0.05) is 16.6 Å². The summed E-state index contributed by atoms with van der Waals surface area (Å²) >= 11 is 6.73. The Labute approximate surface area is 133 Å². The molecule has 108 valence electrons. The molecule has 0 spiro atoms. The predicted molar refractivity (Wildman–Crippen MR) is 93.6 cm³/mol. The second-order valence-corrected chi connectivity index (χ2v) is 5.93. The van der Waals surface area contributed by atoms with Gasteiger partial charge < -0.3 is 5.32 Å². The number of carbonyl (C=O) groups is 1. The van der Waals surface area contributed by atoms with E-state index in [-0.39, 0.29) is 5.91 Å². The van der Waals surface area contributed by atoms with Crippen molar-refractivity contribution in [2.24, 2.45) is 0 Å². The third kappa shape index (κ3) is 4.51. The molecular weight excluding hydrogens is 300 g/mol. The van der Waals surface area contributed by atoms with Crippen LogP contribution in [0.2, 0.25) is 0 Å². The lowest BCUT2D eigenvalue weighted by Crippen LogP contribution is -2.33. The second kappa shape index (κ2) is 7.15. The molecule has 2 aromatic rings. The number of amides is 1. The molecule has 21 heavy (non-hydrogen) atoms. The summed E-state index contributed by atoms with van der Waals surface area (Å²) in [6.45, 7) is 4.05. The third-order valence-corrected chi connectivity index (χ3v) is 4.07. The molecule has 0 saturated carbocycles. The molecule has 1 aromatic carbocycles. The Morgan fingerprint density at radius 3 is 2.76 bits per heavy atom. The fourth-order valence-electron chi connectivity index (χ4n) is 1.74. The molecule has 2 rings (SSSR count). The molecule has 2 N–H and O–H groups in total. The Kier molecular flexibility index (Phi) is 5.25. The molecule has 0 unspecified atom stereocenters. The summed E-state index contributed by atoms with van der Waals surface area (Å²) in [5.41, 5.74) is 3.19. The van der Waals surface area contributed by atoms with Gasteiger partial charge in [-0.15, -0.1) is 11.3 Å². The lowest BCUT2D eigenvalue weighted by molar-refractivity contribution is -0.115. The van der Waals surface area contributed by atoms with Crippen molar-refractivity contribution in [2.45, 2.75) is 13.8 Å². The fraction of sp³-hybridized carbons (Fsp3) is 0.125. The van der Waals surface area contributed by atoms with E-state index in [1.165, 1.54) is 11.6 Å². The number of hydrogen-bond donors (Lipinski definition) is 2. The van der Waals surface area contributed by atoms with E-state index in [9.17, 15) is 4.79 Å². The second-order valence-electron chi connectivity index (χ2n) is 4.54. The molecule has 0 atom stereocenters. The molecule has 1 aromatic heterocycles. The number of thiophene rings is 1. The number of nitrogens with one attached hydrogen (secondary N) is 2. The first-order valence-electron chi connectivity index (χ1n) is 6.46. The largest absolute Gasteiger partial charge is 0.332 e. The molecule has 0 aliphatic carbocycles. The van der Waals surface area contributed by atoms with Crippen molar-refractivity contribution >= 4 is 46.3 Å². The number of hydrogen-bond acceptors (Lipinski definition) is 3. The maximum absolute atomic E-state index is 11.8. The van der Waals surface area contributed by atoms with Crippen LogP contribution in [0.25, 0.3) is 6.08 Å². The highest BCUT2D eigenvalue weighted by Crippen LogP contribution is 2.17. The Hall–Kier alpha value is -1.98. The standard InChI is InChI=1S/C16H16N2OS2/c1-11-5-3-7-14(12(11)2)17-16(20)18-15(19)9-8-13-6-4-10-21-13/h3-10H,1-2H3,(H2,17,18,19,20)/b9-8-. The van der Waals surface area contributed by atoms with Crippen LogP contribution < -0.4 is 10.6 Å². The summed E-state index contributed by atoms with van der Waals surface area (Å²) in [7, 11) is 0. The van der Waals surface area contributed by atoms with Crippen LogP contribution in [-0.4, -0.2) is 11.0 Å². The van der Waals surface area contributed by atoms with Crippen molar-refractivity contribution < 1.29 is 4.79 Å². The van der Waals surface area contributed by atoms with E-state index in [1.807, 2.05) is 49.6 Å². The van der Waals surface area contributed by atoms with E-state index in [2.05, 4.69) is 10.6 Å². The van der Waals surface area contributed by atoms with Gasteiger partial charge >= 0.3 is 0 Å². The zero-order valence-corrected chi connectivity index (χ0v) is 13.5. The molecule has 0 saturated heterocycles. The Morgan fingerprint density at radius 1 is 1.24 bits per heavy atom. The molecule has 1 amide bonds. The van der Waals surface area contributed by atoms with E-state index in [0.717, 1.165) is 16.1 Å². The first-order chi connectivity index (χ1) is 10.1. The zero-order chi connectivity index (χ0) is 15.2. The van der Waals surface area contributed by atoms with E-state index in [0.29, 0.717) is 5.11 Å². The highest BCUT2D eigenvalue weighted by atomic mass is 32.1. The van der Waals surface area contributed by atoms with Gasteiger partial charge in [-0.05, 0) is 60.8 Å². The van der Waals surface area contributed by atoms with Crippen LogP contribution in [0.1, 0.15) is 16.0 Å². The summed E-state index contributed by atoms with van der Waals surface area (Å²) in [6.07, 6.45) is 3.24. The van der Waals surface area contributed by atoms with Gasteiger partial charge in [-0.1, -0.05) is 18.2 Å². The summed E-state index contributed by atoms with van der Waals surface area (Å²) in [6, 6.07) is 9.80. The van der Waals surface area contributed by atoms with E-state index in [1.54, 1.807) is 17.4 Å². The van der Waals surface area contributed by atoms with Crippen molar-refractivity contribution in [3.05, 3.63) is 57.8 Å². The molecule has 0 aliphatic heterocycles. The molecule has 5 heteroatoms. The monoisotopic (exact) mass is 316 g/mol. The van der Waals surface area contributed by atoms with Crippen LogP contribution in [0.3, 0.4) is 0 Å². The van der Waals surface area contributed by atoms with E-state index >= 15 is 0 Å². The van der Waals surface area contributed by atoms with Crippen LogP contribution in [0.5, 0.6) is 0 Å². The quantitative estimate of drug-likeness (QED) is 0.667. The van der Waals surface area contributed by atoms with Gasteiger partial charge in [0.1, 0.15) is 0 Å². The molecule has 0 radical (unpaired) electrons. The SMILES string of the molecule is Cc1cccc(NC(=S)NC(=O)/C=C\c2cccs2)c1C. The zero-order valence-electron chi connectivity index (χ0n) is 11.8. The average molecular weight is 316 g/mol. The van der Waals surface area contributed by atoms with Crippen molar-refractivity contribution in [1.29, 1.82) is 0 Å². The van der Waals surface area contributed by atoms with Crippen molar-refractivity contribution in [1.82, 2.24) is 5.32 Å². The maximum atomic E-state index is 11.8. The molecule has 0 bridgehead atoms. The lowest BCUT2D eigenvalue weighted by atomic mass is 10.1. The first kappa shape index (κ1) is 15.4. The average Bonchev–Trinajstić information content (AvgIpc) is 2.95. The number of aryl methyl sites for hydroxylation is 1. The van der Waals surface area contributed by atoms with Crippen molar-refractivity contribution in [3.8, 4) is 0 Å². The van der Waals surface area contributed by atoms with Crippen LogP contribution in [0.4, 0.5) is 5.69 Å². The van der Waals surface area contributed by atoms with Crippen molar-refractivity contribution in [2.75, 3.05) is 5.32 Å². The maximum Gasteiger partial charge on any atom is 0.250 e. The first-order valence-corrected chi connectivity index (χ1v) is 7.75. The predicted octanol–water partition coefficient (Wildman–Crippen LogP) is 3.89. The Balaban J connectivity index is 1.92. The topological polar surface area (TPSA) is 41.1 Å². The van der Waals surface area contributed by atoms with Gasteiger partial charge in [0.2, 0.25) is 5.91 Å². The van der Waals surface area contributed by atoms with Crippen LogP contribution in [0.15, 0.2) is 41.8 Å². The van der Waals surface area contributed by atoms with Gasteiger partial charge in [-0.3, -0.25) is 10.1 Å². The minimum atomic E-state index is -0.244. The smallest absolute Gasteiger partial charge is 0.250 e. The minimum absolute atomic E-state index is 0.244. The summed E-state index contributed by atoms with van der Waals surface area (Å²) in [5, 5.41) is 7.94. The van der Waals surface area contributed by atoms with Gasteiger partial charge in [0.15, 0.2) is 5.11 Å². The number of anilines is 1. The Morgan fingerprint density at radius 2 is 2.05 bits per heavy atom. The molecular formula is C16H16N2OS2. The van der Waals surface area contributed by atoms with E-state index < -0.39 is 0 Å². The third-order valence-electron chi connectivity index (χ3n) is 3.03. The van der Waals surface area contributed by atoms with E-state index in [4.69, 9.17) is 12.2 Å². The molecule has 0 aliphatic rings. The van der Waals surface area contributed by atoms with Gasteiger partial charge in [0.25, 0.3) is 0 Å². The number of benzene rings is 1. The normalized spacial score (nSPS) is 10.6. The molecule has 0 fully saturated rings. The number of rotatable bonds is 3. The van der Waals surface area contributed by atoms with Crippen LogP contribution in [0, 0.1) is 13.8 Å². The Bertz CT molecular complexity index is 676. The fourth-order valence-corrected chi connectivity index (χ4v) is 2.57. The summed E-state index contributed by atoms with van der Waals surface area (Å²) in [5.74, 6) is -0.244. The summed E-state index contributed by atoms with van der Waals surface area (Å²) < 4.78 is 0.